The molecule has 150 valence electrons. The molecule has 2 aromatic rings. The Morgan fingerprint density at radius 1 is 1.21 bits per heavy atom. The van der Waals surface area contributed by atoms with Crippen molar-refractivity contribution in [2.45, 2.75) is 16.6 Å². The summed E-state index contributed by atoms with van der Waals surface area (Å²) < 4.78 is 43.2. The lowest BCUT2D eigenvalue weighted by atomic mass is 10.1. The topological polar surface area (TPSA) is 82.1 Å². The quantitative estimate of drug-likeness (QED) is 0.674. The van der Waals surface area contributed by atoms with Crippen LogP contribution in [0.15, 0.2) is 34.5 Å². The fraction of sp³-hybridized carbons (Fsp3) is 0.389. The molecule has 2 aliphatic rings. The number of benzene rings is 1. The van der Waals surface area contributed by atoms with Gasteiger partial charge in [-0.25, -0.2) is 13.2 Å². The van der Waals surface area contributed by atoms with Gasteiger partial charge in [0.05, 0.1) is 7.11 Å². The summed E-state index contributed by atoms with van der Waals surface area (Å²) in [6.45, 7) is 1.00. The molecule has 1 atom stereocenters. The van der Waals surface area contributed by atoms with Crippen molar-refractivity contribution < 1.29 is 27.4 Å². The van der Waals surface area contributed by atoms with E-state index in [0.717, 1.165) is 28.4 Å². The number of hydrogen-bond donors (Lipinski definition) is 0. The van der Waals surface area contributed by atoms with E-state index in [1.165, 1.54) is 17.5 Å². The average molecular weight is 442 g/mol. The minimum Gasteiger partial charge on any atom is -0.465 e. The molecule has 0 aliphatic carbocycles. The number of rotatable bonds is 4. The number of nitrogens with zero attached hydrogens (tertiary/aromatic N) is 1. The lowest BCUT2D eigenvalue weighted by Gasteiger charge is -2.20. The largest absolute Gasteiger partial charge is 0.465 e. The zero-order chi connectivity index (χ0) is 19.7. The molecule has 1 fully saturated rings. The highest BCUT2D eigenvalue weighted by Gasteiger charge is 2.33. The number of thioether (sulfide) groups is 1. The first kappa shape index (κ1) is 19.6. The second kappa shape index (κ2) is 7.94. The molecule has 0 spiro atoms. The highest BCUT2D eigenvalue weighted by Crippen LogP contribution is 2.41. The molecule has 2 aliphatic heterocycles. The molecule has 0 saturated carbocycles. The Labute approximate surface area is 171 Å². The third-order valence-corrected chi connectivity index (χ3v) is 8.98. The van der Waals surface area contributed by atoms with Crippen LogP contribution >= 0.6 is 23.1 Å². The van der Waals surface area contributed by atoms with E-state index in [9.17, 15) is 13.2 Å². The highest BCUT2D eigenvalue weighted by atomic mass is 32.2. The van der Waals surface area contributed by atoms with Gasteiger partial charge in [-0.2, -0.15) is 16.1 Å². The fourth-order valence-electron chi connectivity index (χ4n) is 3.25. The van der Waals surface area contributed by atoms with Gasteiger partial charge in [-0.1, -0.05) is 6.07 Å². The Kier molecular flexibility index (Phi) is 5.55. The van der Waals surface area contributed by atoms with Crippen LogP contribution in [0, 0.1) is 0 Å². The van der Waals surface area contributed by atoms with Gasteiger partial charge in [0.2, 0.25) is 16.8 Å². The van der Waals surface area contributed by atoms with Crippen LogP contribution in [0.5, 0.6) is 11.5 Å². The number of ether oxygens (including phenoxy) is 3. The van der Waals surface area contributed by atoms with Crippen LogP contribution < -0.4 is 9.47 Å². The van der Waals surface area contributed by atoms with Crippen LogP contribution in [-0.2, 0) is 14.8 Å². The second-order valence-corrected chi connectivity index (χ2v) is 10.4. The van der Waals surface area contributed by atoms with Crippen molar-refractivity contribution in [3.63, 3.8) is 0 Å². The molecule has 1 aromatic carbocycles. The van der Waals surface area contributed by atoms with Gasteiger partial charge in [0, 0.05) is 24.1 Å². The summed E-state index contributed by atoms with van der Waals surface area (Å²) in [7, 11) is -2.51. The Hall–Kier alpha value is -1.75. The molecule has 10 heteroatoms. The van der Waals surface area contributed by atoms with Crippen LogP contribution in [0.25, 0.3) is 0 Å². The number of carbonyl (C=O) groups excluding carboxylic acids is 1. The van der Waals surface area contributed by atoms with Gasteiger partial charge in [0.1, 0.15) is 9.77 Å². The van der Waals surface area contributed by atoms with Gasteiger partial charge in [-0.15, -0.1) is 11.3 Å². The monoisotopic (exact) mass is 441 g/mol. The van der Waals surface area contributed by atoms with Gasteiger partial charge in [-0.3, -0.25) is 0 Å². The maximum atomic E-state index is 13.1. The van der Waals surface area contributed by atoms with E-state index in [0.29, 0.717) is 25.3 Å². The molecule has 1 saturated heterocycles. The summed E-state index contributed by atoms with van der Waals surface area (Å²) in [6.07, 6.45) is 0.668. The smallest absolute Gasteiger partial charge is 0.349 e. The van der Waals surface area contributed by atoms with E-state index >= 15 is 0 Å². The van der Waals surface area contributed by atoms with Crippen molar-refractivity contribution in [3.8, 4) is 11.5 Å². The van der Waals surface area contributed by atoms with E-state index in [-0.39, 0.29) is 21.8 Å². The van der Waals surface area contributed by atoms with E-state index in [1.807, 2.05) is 18.2 Å². The van der Waals surface area contributed by atoms with Gasteiger partial charge < -0.3 is 14.2 Å². The minimum atomic E-state index is -3.76. The average Bonchev–Trinajstić information content (AvgIpc) is 3.31. The molecule has 0 amide bonds. The van der Waals surface area contributed by atoms with E-state index < -0.39 is 16.0 Å². The molecule has 1 unspecified atom stereocenters. The number of hydrogen-bond acceptors (Lipinski definition) is 8. The van der Waals surface area contributed by atoms with Crippen LogP contribution in [0.3, 0.4) is 0 Å². The number of esters is 1. The lowest BCUT2D eigenvalue weighted by Crippen LogP contribution is -2.33. The first-order valence-electron chi connectivity index (χ1n) is 8.68. The first-order chi connectivity index (χ1) is 13.5. The number of methoxy groups -OCH3 is 1. The number of carbonyl (C=O) groups is 1. The Balaban J connectivity index is 1.52. The van der Waals surface area contributed by atoms with Crippen LogP contribution in [-0.4, -0.2) is 51.4 Å². The van der Waals surface area contributed by atoms with Crippen molar-refractivity contribution in [2.24, 2.45) is 0 Å². The number of fused-ring (bicyclic) bond motifs is 1. The molecule has 1 aromatic heterocycles. The normalized spacial score (nSPS) is 20.0. The summed E-state index contributed by atoms with van der Waals surface area (Å²) in [6, 6.07) is 7.34. The highest BCUT2D eigenvalue weighted by molar-refractivity contribution is 7.99. The van der Waals surface area contributed by atoms with Crippen LogP contribution in [0.1, 0.15) is 26.9 Å². The predicted molar refractivity (Wildman–Crippen MR) is 107 cm³/mol. The summed E-state index contributed by atoms with van der Waals surface area (Å²) in [5, 5.41) is 1.76. The predicted octanol–water partition coefficient (Wildman–Crippen LogP) is 3.13. The molecule has 0 N–H and O–H groups in total. The van der Waals surface area contributed by atoms with Crippen molar-refractivity contribution in [3.05, 3.63) is 40.1 Å². The van der Waals surface area contributed by atoms with Crippen molar-refractivity contribution >= 4 is 39.1 Å². The zero-order valence-electron chi connectivity index (χ0n) is 15.1. The number of thiophene rings is 1. The lowest BCUT2D eigenvalue weighted by molar-refractivity contribution is 0.0602. The first-order valence-corrected chi connectivity index (χ1v) is 12.0. The van der Waals surface area contributed by atoms with Gasteiger partial charge in [0.25, 0.3) is 0 Å². The Morgan fingerprint density at radius 3 is 2.86 bits per heavy atom. The second-order valence-electron chi connectivity index (χ2n) is 6.27. The standard InChI is InChI=1S/C18H19NO6S3/c1-23-18(20)17-16(5-8-27-17)28(21,22)19-6-4-15(26-9-7-19)12-2-3-13-14(10-12)25-11-24-13/h2-3,5,8,10,15H,4,6-7,9,11H2,1H3. The summed E-state index contributed by atoms with van der Waals surface area (Å²) in [5.74, 6) is 1.50. The van der Waals surface area contributed by atoms with Crippen molar-refractivity contribution in [1.82, 2.24) is 4.31 Å². The Bertz CT molecular complexity index is 987. The van der Waals surface area contributed by atoms with Gasteiger partial charge >= 0.3 is 5.97 Å². The van der Waals surface area contributed by atoms with Gasteiger partial charge in [-0.05, 0) is 35.6 Å². The fourth-order valence-corrected chi connectivity index (χ4v) is 7.35. The van der Waals surface area contributed by atoms with E-state index in [4.69, 9.17) is 14.2 Å². The summed E-state index contributed by atoms with van der Waals surface area (Å²) in [5.41, 5.74) is 1.10. The van der Waals surface area contributed by atoms with Crippen molar-refractivity contribution in [2.75, 3.05) is 32.7 Å². The third-order valence-electron chi connectivity index (χ3n) is 4.69. The van der Waals surface area contributed by atoms with E-state index in [2.05, 4.69) is 0 Å². The molecule has 28 heavy (non-hydrogen) atoms. The summed E-state index contributed by atoms with van der Waals surface area (Å²) in [4.78, 5) is 12.0. The number of sulfonamides is 1. The molecule has 7 nitrogen and oxygen atoms in total. The molecule has 3 heterocycles. The van der Waals surface area contributed by atoms with Gasteiger partial charge in [0.15, 0.2) is 11.5 Å². The molecule has 0 radical (unpaired) electrons. The minimum absolute atomic E-state index is 0.0240. The Morgan fingerprint density at radius 2 is 2.04 bits per heavy atom. The van der Waals surface area contributed by atoms with Crippen LogP contribution in [0.2, 0.25) is 0 Å². The van der Waals surface area contributed by atoms with Crippen LogP contribution in [0.4, 0.5) is 0 Å². The maximum Gasteiger partial charge on any atom is 0.349 e. The van der Waals surface area contributed by atoms with Crippen molar-refractivity contribution in [1.29, 1.82) is 0 Å². The summed E-state index contributed by atoms with van der Waals surface area (Å²) >= 11 is 2.80. The molecular formula is C18H19NO6S3. The molecular weight excluding hydrogens is 422 g/mol. The maximum absolute atomic E-state index is 13.1. The molecule has 0 bridgehead atoms. The molecule has 4 rings (SSSR count). The zero-order valence-corrected chi connectivity index (χ0v) is 17.6. The van der Waals surface area contributed by atoms with E-state index in [1.54, 1.807) is 17.1 Å². The third kappa shape index (κ3) is 3.61. The SMILES string of the molecule is COC(=O)c1sccc1S(=O)(=O)N1CCSC(c2ccc3c(c2)OCO3)CC1.